The van der Waals surface area contributed by atoms with Gasteiger partial charge in [-0.1, -0.05) is 6.92 Å². The molecule has 1 unspecified atom stereocenters. The second-order valence-electron chi connectivity index (χ2n) is 4.39. The molecule has 0 aliphatic rings. The Morgan fingerprint density at radius 1 is 1.35 bits per heavy atom. The van der Waals surface area contributed by atoms with Gasteiger partial charge in [-0.2, -0.15) is 0 Å². The molecule has 2 heterocycles. The number of pyridine rings is 1. The molecule has 0 aromatic carbocycles. The molecule has 0 spiro atoms. The van der Waals surface area contributed by atoms with Crippen molar-refractivity contribution in [3.63, 3.8) is 0 Å². The van der Waals surface area contributed by atoms with Gasteiger partial charge in [-0.3, -0.25) is 9.78 Å². The van der Waals surface area contributed by atoms with Crippen LogP contribution in [0.5, 0.6) is 0 Å². The summed E-state index contributed by atoms with van der Waals surface area (Å²) in [6, 6.07) is 5.64. The van der Waals surface area contributed by atoms with Crippen LogP contribution in [-0.2, 0) is 0 Å². The number of rotatable bonds is 5. The third-order valence-corrected chi connectivity index (χ3v) is 3.89. The number of amides is 1. The van der Waals surface area contributed by atoms with Gasteiger partial charge in [0.15, 0.2) is 0 Å². The highest BCUT2D eigenvalue weighted by Crippen LogP contribution is 2.27. The van der Waals surface area contributed by atoms with Crippen molar-refractivity contribution in [2.75, 3.05) is 6.54 Å². The topological polar surface area (TPSA) is 46.3 Å². The number of furan rings is 1. The summed E-state index contributed by atoms with van der Waals surface area (Å²) in [5.41, 5.74) is 1.08. The Morgan fingerprint density at radius 2 is 2.05 bits per heavy atom. The van der Waals surface area contributed by atoms with Gasteiger partial charge in [0.2, 0.25) is 5.76 Å². The van der Waals surface area contributed by atoms with Gasteiger partial charge in [0.05, 0.1) is 16.8 Å². The first kappa shape index (κ1) is 14.8. The van der Waals surface area contributed by atoms with Crippen molar-refractivity contribution in [1.82, 2.24) is 9.88 Å². The second kappa shape index (κ2) is 6.70. The third kappa shape index (κ3) is 2.93. The van der Waals surface area contributed by atoms with Gasteiger partial charge in [0.25, 0.3) is 5.91 Å². The van der Waals surface area contributed by atoms with Gasteiger partial charge in [0.1, 0.15) is 0 Å². The van der Waals surface area contributed by atoms with Crippen LogP contribution in [0.3, 0.4) is 0 Å². The fourth-order valence-electron chi connectivity index (χ4n) is 2.30. The van der Waals surface area contributed by atoms with E-state index in [9.17, 15) is 4.79 Å². The Bertz CT molecular complexity index is 568. The molecule has 0 aliphatic carbocycles. The number of aromatic nitrogens is 1. The van der Waals surface area contributed by atoms with Crippen LogP contribution in [0, 0.1) is 0 Å². The minimum atomic E-state index is -0.104. The van der Waals surface area contributed by atoms with Crippen molar-refractivity contribution in [2.24, 2.45) is 0 Å². The second-order valence-corrected chi connectivity index (χ2v) is 5.25. The summed E-state index contributed by atoms with van der Waals surface area (Å²) in [7, 11) is 0. The lowest BCUT2D eigenvalue weighted by molar-refractivity contribution is 0.0648. The van der Waals surface area contributed by atoms with Crippen LogP contribution in [-0.4, -0.2) is 22.3 Å². The van der Waals surface area contributed by atoms with Gasteiger partial charge in [-0.05, 0) is 53.0 Å². The van der Waals surface area contributed by atoms with Crippen LogP contribution >= 0.6 is 15.9 Å². The number of carbonyl (C=O) groups is 1. The smallest absolute Gasteiger partial charge is 0.291 e. The molecule has 0 fully saturated rings. The van der Waals surface area contributed by atoms with Crippen LogP contribution in [0.15, 0.2) is 45.7 Å². The first-order chi connectivity index (χ1) is 9.69. The first-order valence-electron chi connectivity index (χ1n) is 6.62. The quantitative estimate of drug-likeness (QED) is 0.827. The molecule has 2 aromatic rings. The zero-order chi connectivity index (χ0) is 14.5. The SMILES string of the molecule is CCC(c1ccncc1)N(CC)C(=O)c1occc1Br. The highest BCUT2D eigenvalue weighted by molar-refractivity contribution is 9.10. The van der Waals surface area contributed by atoms with E-state index in [4.69, 9.17) is 4.42 Å². The van der Waals surface area contributed by atoms with Crippen molar-refractivity contribution >= 4 is 21.8 Å². The van der Waals surface area contributed by atoms with Crippen LogP contribution in [0.2, 0.25) is 0 Å². The van der Waals surface area contributed by atoms with E-state index in [0.717, 1.165) is 12.0 Å². The van der Waals surface area contributed by atoms with Gasteiger partial charge >= 0.3 is 0 Å². The number of nitrogens with zero attached hydrogens (tertiary/aromatic N) is 2. The van der Waals surface area contributed by atoms with Crippen LogP contribution in [0.4, 0.5) is 0 Å². The molecule has 1 amide bonds. The van der Waals surface area contributed by atoms with Gasteiger partial charge in [0, 0.05) is 18.9 Å². The van der Waals surface area contributed by atoms with Crippen LogP contribution in [0.1, 0.15) is 42.4 Å². The van der Waals surface area contributed by atoms with Gasteiger partial charge < -0.3 is 9.32 Å². The summed E-state index contributed by atoms with van der Waals surface area (Å²) in [5.74, 6) is 0.243. The summed E-state index contributed by atoms with van der Waals surface area (Å²) in [4.78, 5) is 18.5. The molecule has 4 nitrogen and oxygen atoms in total. The summed E-state index contributed by atoms with van der Waals surface area (Å²) in [5, 5.41) is 0. The maximum Gasteiger partial charge on any atom is 0.291 e. The van der Waals surface area contributed by atoms with Crippen molar-refractivity contribution in [3.05, 3.63) is 52.7 Å². The fourth-order valence-corrected chi connectivity index (χ4v) is 2.67. The van der Waals surface area contributed by atoms with Gasteiger partial charge in [-0.15, -0.1) is 0 Å². The predicted octanol–water partition coefficient (Wildman–Crippen LogP) is 4.05. The molecule has 5 heteroatoms. The molecule has 0 N–H and O–H groups in total. The van der Waals surface area contributed by atoms with E-state index in [1.165, 1.54) is 6.26 Å². The van der Waals surface area contributed by atoms with E-state index >= 15 is 0 Å². The number of carbonyl (C=O) groups excluding carboxylic acids is 1. The largest absolute Gasteiger partial charge is 0.458 e. The third-order valence-electron chi connectivity index (χ3n) is 3.27. The molecule has 0 aliphatic heterocycles. The lowest BCUT2D eigenvalue weighted by atomic mass is 10.0. The molecule has 0 saturated carbocycles. The van der Waals surface area contributed by atoms with Crippen molar-refractivity contribution < 1.29 is 9.21 Å². The van der Waals surface area contributed by atoms with E-state index in [-0.39, 0.29) is 11.9 Å². The average molecular weight is 337 g/mol. The lowest BCUT2D eigenvalue weighted by Crippen LogP contribution is -2.34. The highest BCUT2D eigenvalue weighted by Gasteiger charge is 2.26. The summed E-state index contributed by atoms with van der Waals surface area (Å²) in [6.45, 7) is 4.66. The van der Waals surface area contributed by atoms with E-state index in [1.807, 2.05) is 24.0 Å². The summed E-state index contributed by atoms with van der Waals surface area (Å²) in [6.07, 6.45) is 5.85. The number of halogens is 1. The Hall–Kier alpha value is -1.62. The molecule has 20 heavy (non-hydrogen) atoms. The Balaban J connectivity index is 2.31. The standard InChI is InChI=1S/C15H17BrN2O2/c1-3-13(11-5-8-17-9-6-11)18(4-2)15(19)14-12(16)7-10-20-14/h5-10,13H,3-4H2,1-2H3. The first-order valence-corrected chi connectivity index (χ1v) is 7.42. The maximum atomic E-state index is 12.6. The minimum Gasteiger partial charge on any atom is -0.458 e. The Kier molecular flexibility index (Phi) is 4.95. The molecule has 0 radical (unpaired) electrons. The Morgan fingerprint density at radius 3 is 2.55 bits per heavy atom. The molecular weight excluding hydrogens is 320 g/mol. The average Bonchev–Trinajstić information content (AvgIpc) is 2.91. The molecule has 0 saturated heterocycles. The molecule has 106 valence electrons. The monoisotopic (exact) mass is 336 g/mol. The van der Waals surface area contributed by atoms with Crippen molar-refractivity contribution in [1.29, 1.82) is 0 Å². The fraction of sp³-hybridized carbons (Fsp3) is 0.333. The van der Waals surface area contributed by atoms with E-state index in [0.29, 0.717) is 16.8 Å². The Labute approximate surface area is 126 Å². The summed E-state index contributed by atoms with van der Waals surface area (Å²) < 4.78 is 5.97. The predicted molar refractivity (Wildman–Crippen MR) is 80.4 cm³/mol. The molecule has 0 bridgehead atoms. The molecule has 2 rings (SSSR count). The van der Waals surface area contributed by atoms with E-state index in [2.05, 4.69) is 27.8 Å². The van der Waals surface area contributed by atoms with Crippen molar-refractivity contribution in [3.8, 4) is 0 Å². The van der Waals surface area contributed by atoms with E-state index < -0.39 is 0 Å². The molecular formula is C15H17BrN2O2. The van der Waals surface area contributed by atoms with Crippen molar-refractivity contribution in [2.45, 2.75) is 26.3 Å². The zero-order valence-electron chi connectivity index (χ0n) is 11.5. The lowest BCUT2D eigenvalue weighted by Gasteiger charge is -2.29. The summed E-state index contributed by atoms with van der Waals surface area (Å²) >= 11 is 3.34. The van der Waals surface area contributed by atoms with Crippen LogP contribution < -0.4 is 0 Å². The molecule has 1 atom stereocenters. The normalized spacial score (nSPS) is 12.2. The minimum absolute atomic E-state index is 0.0208. The maximum absolute atomic E-state index is 12.6. The highest BCUT2D eigenvalue weighted by atomic mass is 79.9. The number of hydrogen-bond acceptors (Lipinski definition) is 3. The zero-order valence-corrected chi connectivity index (χ0v) is 13.1. The van der Waals surface area contributed by atoms with E-state index in [1.54, 1.807) is 18.5 Å². The number of hydrogen-bond donors (Lipinski definition) is 0. The van der Waals surface area contributed by atoms with Gasteiger partial charge in [-0.25, -0.2) is 0 Å². The van der Waals surface area contributed by atoms with Crippen LogP contribution in [0.25, 0.3) is 0 Å². The molecule has 2 aromatic heterocycles.